The van der Waals surface area contributed by atoms with Gasteiger partial charge in [0.1, 0.15) is 12.4 Å². The summed E-state index contributed by atoms with van der Waals surface area (Å²) in [5.41, 5.74) is 1.37. The lowest BCUT2D eigenvalue weighted by Crippen LogP contribution is -2.60. The largest absolute Gasteiger partial charge is 0.486 e. The Kier molecular flexibility index (Phi) is 2.20. The molecule has 0 radical (unpaired) electrons. The van der Waals surface area contributed by atoms with Gasteiger partial charge >= 0.3 is 0 Å². The minimum atomic E-state index is 0.0373. The molecule has 1 aliphatic carbocycles. The molecule has 1 fully saturated rings. The van der Waals surface area contributed by atoms with Crippen LogP contribution in [0.2, 0.25) is 0 Å². The lowest BCUT2D eigenvalue weighted by molar-refractivity contribution is -0.159. The van der Waals surface area contributed by atoms with Crippen LogP contribution in [0, 0.1) is 16.7 Å². The maximum Gasteiger partial charge on any atom is 0.174 e. The van der Waals surface area contributed by atoms with Gasteiger partial charge < -0.3 is 4.74 Å². The minimum absolute atomic E-state index is 0.0373. The van der Waals surface area contributed by atoms with Crippen molar-refractivity contribution >= 4 is 5.78 Å². The summed E-state index contributed by atoms with van der Waals surface area (Å²) in [7, 11) is 0. The molecule has 1 aliphatic heterocycles. The molecular formula is C16H20O2. The van der Waals surface area contributed by atoms with Crippen LogP contribution < -0.4 is 4.74 Å². The third-order valence-electron chi connectivity index (χ3n) is 5.52. The number of carbonyl (C=O) groups is 1. The fourth-order valence-electron chi connectivity index (χ4n) is 3.80. The van der Waals surface area contributed by atoms with Crippen molar-refractivity contribution in [2.75, 3.05) is 6.61 Å². The SMILES string of the molecule is CC1(C)[C@H]2C(=O)COc3ccccc3[C@@H]2C1(C)C. The highest BCUT2D eigenvalue weighted by atomic mass is 16.5. The van der Waals surface area contributed by atoms with Gasteiger partial charge in [-0.2, -0.15) is 0 Å². The quantitative estimate of drug-likeness (QED) is 0.699. The van der Waals surface area contributed by atoms with Gasteiger partial charge in [0.25, 0.3) is 0 Å². The highest BCUT2D eigenvalue weighted by Gasteiger charge is 2.65. The second-order valence-electron chi connectivity index (χ2n) is 6.69. The van der Waals surface area contributed by atoms with Crippen molar-refractivity contribution in [2.45, 2.75) is 33.6 Å². The first-order chi connectivity index (χ1) is 8.37. The molecule has 0 amide bonds. The van der Waals surface area contributed by atoms with Gasteiger partial charge in [-0.15, -0.1) is 0 Å². The summed E-state index contributed by atoms with van der Waals surface area (Å²) in [6.07, 6.45) is 0. The number of ether oxygens (including phenoxy) is 1. The minimum Gasteiger partial charge on any atom is -0.486 e. The molecule has 0 spiro atoms. The van der Waals surface area contributed by atoms with Crippen LogP contribution in [-0.2, 0) is 4.79 Å². The zero-order chi connectivity index (χ0) is 13.1. The van der Waals surface area contributed by atoms with Crippen LogP contribution in [0.4, 0.5) is 0 Å². The summed E-state index contributed by atoms with van der Waals surface area (Å²) in [5.74, 6) is 1.53. The lowest BCUT2D eigenvalue weighted by Gasteiger charge is -2.64. The van der Waals surface area contributed by atoms with E-state index in [0.717, 1.165) is 5.75 Å². The summed E-state index contributed by atoms with van der Waals surface area (Å²) >= 11 is 0. The second-order valence-corrected chi connectivity index (χ2v) is 6.69. The molecule has 3 rings (SSSR count). The zero-order valence-electron chi connectivity index (χ0n) is 11.5. The number of rotatable bonds is 0. The van der Waals surface area contributed by atoms with Crippen molar-refractivity contribution in [1.29, 1.82) is 0 Å². The maximum absolute atomic E-state index is 12.3. The Morgan fingerprint density at radius 1 is 1.06 bits per heavy atom. The molecule has 0 unspecified atom stereocenters. The van der Waals surface area contributed by atoms with E-state index in [0.29, 0.717) is 5.92 Å². The summed E-state index contributed by atoms with van der Waals surface area (Å²) in [5, 5.41) is 0. The predicted octanol–water partition coefficient (Wildman–Crippen LogP) is 3.41. The van der Waals surface area contributed by atoms with Gasteiger partial charge in [-0.05, 0) is 22.5 Å². The van der Waals surface area contributed by atoms with Crippen LogP contribution in [-0.4, -0.2) is 12.4 Å². The molecule has 96 valence electrons. The van der Waals surface area contributed by atoms with E-state index in [-0.39, 0.29) is 29.1 Å². The maximum atomic E-state index is 12.3. The average molecular weight is 244 g/mol. The monoisotopic (exact) mass is 244 g/mol. The topological polar surface area (TPSA) is 26.3 Å². The van der Waals surface area contributed by atoms with Crippen LogP contribution in [0.25, 0.3) is 0 Å². The molecule has 1 aromatic carbocycles. The Balaban J connectivity index is 2.16. The number of benzene rings is 1. The van der Waals surface area contributed by atoms with E-state index in [1.807, 2.05) is 18.2 Å². The van der Waals surface area contributed by atoms with Gasteiger partial charge in [-0.3, -0.25) is 4.79 Å². The number of ketones is 1. The molecular weight excluding hydrogens is 224 g/mol. The van der Waals surface area contributed by atoms with Gasteiger partial charge in [-0.25, -0.2) is 0 Å². The Morgan fingerprint density at radius 3 is 2.39 bits per heavy atom. The normalized spacial score (nSPS) is 31.4. The Bertz CT molecular complexity index is 514. The molecule has 2 heteroatoms. The Hall–Kier alpha value is -1.31. The van der Waals surface area contributed by atoms with E-state index in [9.17, 15) is 4.79 Å². The molecule has 2 aliphatic rings. The van der Waals surface area contributed by atoms with E-state index in [1.165, 1.54) is 5.56 Å². The van der Waals surface area contributed by atoms with Gasteiger partial charge in [-0.1, -0.05) is 45.9 Å². The predicted molar refractivity (Wildman–Crippen MR) is 70.7 cm³/mol. The Morgan fingerprint density at radius 2 is 1.67 bits per heavy atom. The Labute approximate surface area is 108 Å². The molecule has 1 heterocycles. The smallest absolute Gasteiger partial charge is 0.174 e. The number of para-hydroxylation sites is 1. The van der Waals surface area contributed by atoms with Crippen molar-refractivity contribution in [3.8, 4) is 5.75 Å². The highest BCUT2D eigenvalue weighted by molar-refractivity contribution is 5.87. The zero-order valence-corrected chi connectivity index (χ0v) is 11.5. The fourth-order valence-corrected chi connectivity index (χ4v) is 3.80. The molecule has 1 saturated carbocycles. The van der Waals surface area contributed by atoms with E-state index < -0.39 is 0 Å². The van der Waals surface area contributed by atoms with Crippen molar-refractivity contribution < 1.29 is 9.53 Å². The number of fused-ring (bicyclic) bond motifs is 3. The summed E-state index contributed by atoms with van der Waals surface area (Å²) < 4.78 is 5.68. The molecule has 0 saturated heterocycles. The number of hydrogen-bond donors (Lipinski definition) is 0. The van der Waals surface area contributed by atoms with Gasteiger partial charge in [0.15, 0.2) is 5.78 Å². The first-order valence-electron chi connectivity index (χ1n) is 6.62. The number of Topliss-reactive ketones (excluding diaryl/α,β-unsaturated/α-hetero) is 1. The standard InChI is InChI=1S/C16H20O2/c1-15(2)13-10-7-5-6-8-12(10)18-9-11(17)14(13)16(15,3)4/h5-8,13-14H,9H2,1-4H3/t13-,14-/m0/s1. The number of carbonyl (C=O) groups excluding carboxylic acids is 1. The van der Waals surface area contributed by atoms with Crippen molar-refractivity contribution in [3.05, 3.63) is 29.8 Å². The van der Waals surface area contributed by atoms with Gasteiger partial charge in [0.2, 0.25) is 0 Å². The van der Waals surface area contributed by atoms with Crippen LogP contribution in [0.1, 0.15) is 39.2 Å². The van der Waals surface area contributed by atoms with Crippen LogP contribution >= 0.6 is 0 Å². The summed E-state index contributed by atoms with van der Waals surface area (Å²) in [6.45, 7) is 9.17. The van der Waals surface area contributed by atoms with Crippen molar-refractivity contribution in [1.82, 2.24) is 0 Å². The van der Waals surface area contributed by atoms with Crippen molar-refractivity contribution in [3.63, 3.8) is 0 Å². The van der Waals surface area contributed by atoms with E-state index in [4.69, 9.17) is 4.74 Å². The van der Waals surface area contributed by atoms with Crippen LogP contribution in [0.3, 0.4) is 0 Å². The van der Waals surface area contributed by atoms with Crippen molar-refractivity contribution in [2.24, 2.45) is 16.7 Å². The molecule has 0 aromatic heterocycles. The molecule has 0 N–H and O–H groups in total. The van der Waals surface area contributed by atoms with E-state index >= 15 is 0 Å². The fraction of sp³-hybridized carbons (Fsp3) is 0.562. The van der Waals surface area contributed by atoms with Crippen LogP contribution in [0.15, 0.2) is 24.3 Å². The lowest BCUT2D eigenvalue weighted by atomic mass is 9.38. The first-order valence-corrected chi connectivity index (χ1v) is 6.62. The van der Waals surface area contributed by atoms with Gasteiger partial charge in [0, 0.05) is 11.8 Å². The number of hydrogen-bond acceptors (Lipinski definition) is 2. The highest BCUT2D eigenvalue weighted by Crippen LogP contribution is 2.69. The molecule has 18 heavy (non-hydrogen) atoms. The first kappa shape index (κ1) is 11.8. The third kappa shape index (κ3) is 1.21. The third-order valence-corrected chi connectivity index (χ3v) is 5.52. The van der Waals surface area contributed by atoms with E-state index in [2.05, 4.69) is 33.8 Å². The van der Waals surface area contributed by atoms with Crippen LogP contribution in [0.5, 0.6) is 5.75 Å². The molecule has 2 nitrogen and oxygen atoms in total. The summed E-state index contributed by atoms with van der Waals surface area (Å²) in [6, 6.07) is 8.10. The molecule has 0 bridgehead atoms. The average Bonchev–Trinajstić information content (AvgIpc) is 2.46. The van der Waals surface area contributed by atoms with Gasteiger partial charge in [0.05, 0.1) is 0 Å². The van der Waals surface area contributed by atoms with E-state index in [1.54, 1.807) is 0 Å². The summed E-state index contributed by atoms with van der Waals surface area (Å²) in [4.78, 5) is 12.3. The molecule has 1 aromatic rings. The molecule has 2 atom stereocenters. The second kappa shape index (κ2) is 3.37.